The quantitative estimate of drug-likeness (QED) is 0.818. The molecule has 2 amide bonds. The highest BCUT2D eigenvalue weighted by molar-refractivity contribution is 7.17. The van der Waals surface area contributed by atoms with Crippen LogP contribution in [0.4, 0.5) is 5.00 Å². The Morgan fingerprint density at radius 2 is 2.23 bits per heavy atom. The van der Waals surface area contributed by atoms with Crippen LogP contribution >= 0.6 is 11.3 Å². The summed E-state index contributed by atoms with van der Waals surface area (Å²) in [5, 5.41) is 3.56. The van der Waals surface area contributed by atoms with Crippen LogP contribution in [0.15, 0.2) is 22.8 Å². The number of hydrogen-bond donors (Lipinski definition) is 1. The third-order valence-corrected chi connectivity index (χ3v) is 6.23. The van der Waals surface area contributed by atoms with E-state index < -0.39 is 5.92 Å². The van der Waals surface area contributed by atoms with Gasteiger partial charge in [-0.05, 0) is 43.9 Å². The van der Waals surface area contributed by atoms with Gasteiger partial charge in [-0.15, -0.1) is 11.3 Å². The molecule has 1 N–H and O–H groups in total. The number of thiophene rings is 1. The lowest BCUT2D eigenvalue weighted by atomic mass is 10.1. The number of carbonyl (C=O) groups excluding carboxylic acids is 3. The molecule has 0 saturated carbocycles. The molecule has 1 fully saturated rings. The topological polar surface area (TPSA) is 79.6 Å². The van der Waals surface area contributed by atoms with Crippen LogP contribution in [0.2, 0.25) is 0 Å². The van der Waals surface area contributed by atoms with Gasteiger partial charge in [0.2, 0.25) is 11.8 Å². The first-order valence-electron chi connectivity index (χ1n) is 8.79. The summed E-state index contributed by atoms with van der Waals surface area (Å²) in [7, 11) is 0. The summed E-state index contributed by atoms with van der Waals surface area (Å²) < 4.78 is 5.28. The van der Waals surface area contributed by atoms with E-state index in [2.05, 4.69) is 5.32 Å². The fraction of sp³-hybridized carbons (Fsp3) is 0.421. The molecular formula is C19H20N2O4S. The van der Waals surface area contributed by atoms with E-state index in [1.54, 1.807) is 24.2 Å². The molecule has 0 spiro atoms. The molecule has 2 aromatic heterocycles. The maximum atomic E-state index is 12.7. The number of rotatable bonds is 5. The minimum absolute atomic E-state index is 0.0124. The van der Waals surface area contributed by atoms with E-state index in [1.807, 2.05) is 6.07 Å². The standard InChI is InChI=1S/C19H20N2O4S/c1-11(22)17-14-5-2-6-15(14)26-19(17)20-18(24)12-8-16(23)21(9-12)10-13-4-3-7-25-13/h3-4,7,12H,2,5-6,8-10H2,1H3,(H,20,24)/t12-/m0/s1. The molecule has 0 bridgehead atoms. The second-order valence-corrected chi connectivity index (χ2v) is 7.97. The van der Waals surface area contributed by atoms with Gasteiger partial charge in [0.25, 0.3) is 0 Å². The first-order chi connectivity index (χ1) is 12.5. The zero-order valence-corrected chi connectivity index (χ0v) is 15.4. The largest absolute Gasteiger partial charge is 0.467 e. The third-order valence-electron chi connectivity index (χ3n) is 5.02. The van der Waals surface area contributed by atoms with Gasteiger partial charge in [0.15, 0.2) is 5.78 Å². The highest BCUT2D eigenvalue weighted by Crippen LogP contribution is 2.39. The molecule has 2 aromatic rings. The summed E-state index contributed by atoms with van der Waals surface area (Å²) in [5.74, 6) is 0.0357. The zero-order valence-electron chi connectivity index (χ0n) is 14.5. The summed E-state index contributed by atoms with van der Waals surface area (Å²) in [6.07, 6.45) is 4.69. The Morgan fingerprint density at radius 1 is 1.38 bits per heavy atom. The van der Waals surface area contributed by atoms with Crippen molar-refractivity contribution < 1.29 is 18.8 Å². The van der Waals surface area contributed by atoms with Gasteiger partial charge in [-0.3, -0.25) is 14.4 Å². The summed E-state index contributed by atoms with van der Waals surface area (Å²) in [4.78, 5) is 39.8. The number of furan rings is 1. The molecular weight excluding hydrogens is 352 g/mol. The summed E-state index contributed by atoms with van der Waals surface area (Å²) in [5.41, 5.74) is 1.76. The van der Waals surface area contributed by atoms with Crippen LogP contribution in [-0.2, 0) is 29.0 Å². The number of fused-ring (bicyclic) bond motifs is 1. The van der Waals surface area contributed by atoms with Gasteiger partial charge >= 0.3 is 0 Å². The van der Waals surface area contributed by atoms with E-state index >= 15 is 0 Å². The number of nitrogens with zero attached hydrogens (tertiary/aromatic N) is 1. The van der Waals surface area contributed by atoms with E-state index in [0.717, 1.165) is 24.8 Å². The minimum Gasteiger partial charge on any atom is -0.467 e. The number of amides is 2. The molecule has 136 valence electrons. The van der Waals surface area contributed by atoms with Crippen LogP contribution in [0.25, 0.3) is 0 Å². The molecule has 0 radical (unpaired) electrons. The lowest BCUT2D eigenvalue weighted by Crippen LogP contribution is -2.28. The van der Waals surface area contributed by atoms with E-state index in [0.29, 0.717) is 29.4 Å². The van der Waals surface area contributed by atoms with E-state index in [4.69, 9.17) is 4.42 Å². The smallest absolute Gasteiger partial charge is 0.230 e. The minimum atomic E-state index is -0.408. The molecule has 1 saturated heterocycles. The van der Waals surface area contributed by atoms with Gasteiger partial charge in [-0.1, -0.05) is 0 Å². The molecule has 26 heavy (non-hydrogen) atoms. The van der Waals surface area contributed by atoms with Crippen LogP contribution < -0.4 is 5.32 Å². The van der Waals surface area contributed by atoms with E-state index in [9.17, 15) is 14.4 Å². The molecule has 4 rings (SSSR count). The number of hydrogen-bond acceptors (Lipinski definition) is 5. The third kappa shape index (κ3) is 3.07. The Balaban J connectivity index is 1.46. The number of carbonyl (C=O) groups is 3. The molecule has 1 atom stereocenters. The molecule has 0 aromatic carbocycles. The van der Waals surface area contributed by atoms with Crippen molar-refractivity contribution in [3.8, 4) is 0 Å². The van der Waals surface area contributed by atoms with Crippen molar-refractivity contribution in [1.82, 2.24) is 4.90 Å². The molecule has 6 nitrogen and oxygen atoms in total. The van der Waals surface area contributed by atoms with E-state index in [-0.39, 0.29) is 24.0 Å². The number of ketones is 1. The van der Waals surface area contributed by atoms with Crippen molar-refractivity contribution >= 4 is 33.9 Å². The highest BCUT2D eigenvalue weighted by Gasteiger charge is 2.35. The molecule has 0 unspecified atom stereocenters. The van der Waals surface area contributed by atoms with Crippen molar-refractivity contribution in [3.63, 3.8) is 0 Å². The summed E-state index contributed by atoms with van der Waals surface area (Å²) in [6.45, 7) is 2.29. The first-order valence-corrected chi connectivity index (χ1v) is 9.61. The van der Waals surface area contributed by atoms with Crippen molar-refractivity contribution in [3.05, 3.63) is 40.2 Å². The van der Waals surface area contributed by atoms with Crippen LogP contribution in [0.1, 0.15) is 46.3 Å². The Labute approximate surface area is 155 Å². The van der Waals surface area contributed by atoms with Gasteiger partial charge in [-0.2, -0.15) is 0 Å². The Bertz CT molecular complexity index is 868. The fourth-order valence-electron chi connectivity index (χ4n) is 3.77. The van der Waals surface area contributed by atoms with Gasteiger partial charge < -0.3 is 14.6 Å². The van der Waals surface area contributed by atoms with Crippen molar-refractivity contribution in [1.29, 1.82) is 0 Å². The predicted molar refractivity (Wildman–Crippen MR) is 97.2 cm³/mol. The first kappa shape index (κ1) is 17.0. The second-order valence-electron chi connectivity index (χ2n) is 6.86. The fourth-order valence-corrected chi connectivity index (χ4v) is 5.11. The molecule has 7 heteroatoms. The average molecular weight is 372 g/mol. The Morgan fingerprint density at radius 3 is 2.96 bits per heavy atom. The number of aryl methyl sites for hydroxylation is 1. The maximum absolute atomic E-state index is 12.7. The van der Waals surface area contributed by atoms with Gasteiger partial charge in [0.1, 0.15) is 10.8 Å². The number of Topliss-reactive ketones (excluding diaryl/α,β-unsaturated/α-hetero) is 1. The predicted octanol–water partition coefficient (Wildman–Crippen LogP) is 3.02. The van der Waals surface area contributed by atoms with Gasteiger partial charge in [-0.25, -0.2) is 0 Å². The van der Waals surface area contributed by atoms with Gasteiger partial charge in [0.05, 0.1) is 24.3 Å². The lowest BCUT2D eigenvalue weighted by Gasteiger charge is -2.15. The van der Waals surface area contributed by atoms with E-state index in [1.165, 1.54) is 16.2 Å². The lowest BCUT2D eigenvalue weighted by molar-refractivity contribution is -0.128. The number of nitrogens with one attached hydrogen (secondary N) is 1. The average Bonchev–Trinajstić information content (AvgIpc) is 3.33. The number of likely N-dealkylation sites (tertiary alicyclic amines) is 1. The van der Waals surface area contributed by atoms with Crippen LogP contribution in [0.5, 0.6) is 0 Å². The highest BCUT2D eigenvalue weighted by atomic mass is 32.1. The summed E-state index contributed by atoms with van der Waals surface area (Å²) in [6, 6.07) is 3.59. The van der Waals surface area contributed by atoms with Crippen molar-refractivity contribution in [2.75, 3.05) is 11.9 Å². The van der Waals surface area contributed by atoms with Crippen LogP contribution in [0.3, 0.4) is 0 Å². The molecule has 1 aliphatic heterocycles. The van der Waals surface area contributed by atoms with Crippen LogP contribution in [-0.4, -0.2) is 29.0 Å². The van der Waals surface area contributed by atoms with Crippen molar-refractivity contribution in [2.24, 2.45) is 5.92 Å². The monoisotopic (exact) mass is 372 g/mol. The maximum Gasteiger partial charge on any atom is 0.230 e. The van der Waals surface area contributed by atoms with Crippen molar-refractivity contribution in [2.45, 2.75) is 39.2 Å². The molecule has 1 aliphatic carbocycles. The summed E-state index contributed by atoms with van der Waals surface area (Å²) >= 11 is 1.50. The number of anilines is 1. The normalized spacial score (nSPS) is 19.0. The Kier molecular flexibility index (Phi) is 4.40. The van der Waals surface area contributed by atoms with Crippen LogP contribution in [0, 0.1) is 5.92 Å². The molecule has 3 heterocycles. The Hall–Kier alpha value is -2.41. The molecule has 2 aliphatic rings. The second kappa shape index (κ2) is 6.72. The SMILES string of the molecule is CC(=O)c1c(NC(=O)[C@H]2CC(=O)N(Cc3ccco3)C2)sc2c1CCC2. The zero-order chi connectivity index (χ0) is 18.3. The van der Waals surface area contributed by atoms with Gasteiger partial charge in [0, 0.05) is 17.8 Å².